The third-order valence-corrected chi connectivity index (χ3v) is 3.00. The summed E-state index contributed by atoms with van der Waals surface area (Å²) in [7, 11) is 0. The lowest BCUT2D eigenvalue weighted by molar-refractivity contribution is 0.784. The minimum absolute atomic E-state index is 0.693. The molecule has 0 aromatic carbocycles. The van der Waals surface area contributed by atoms with E-state index < -0.39 is 0 Å². The number of alkyl halides is 1. The highest BCUT2D eigenvalue weighted by atomic mass is 79.9. The second-order valence-corrected chi connectivity index (χ2v) is 5.25. The quantitative estimate of drug-likeness (QED) is 0.738. The zero-order chi connectivity index (χ0) is 11.3. The molecule has 15 heavy (non-hydrogen) atoms. The van der Waals surface area contributed by atoms with E-state index in [-0.39, 0.29) is 0 Å². The van der Waals surface area contributed by atoms with Crippen molar-refractivity contribution in [2.45, 2.75) is 13.3 Å². The fraction of sp³-hybridized carbons (Fsp3) is 0.500. The normalized spacial score (nSPS) is 10.4. The Bertz CT molecular complexity index is 314. The van der Waals surface area contributed by atoms with Gasteiger partial charge in [-0.25, -0.2) is 4.98 Å². The lowest BCUT2D eigenvalue weighted by atomic mass is 10.3. The van der Waals surface area contributed by atoms with Crippen molar-refractivity contribution in [1.82, 2.24) is 4.98 Å². The van der Waals surface area contributed by atoms with E-state index in [1.165, 1.54) is 0 Å². The van der Waals surface area contributed by atoms with E-state index in [0.717, 1.165) is 35.1 Å². The molecule has 0 unspecified atom stereocenters. The van der Waals surface area contributed by atoms with E-state index in [4.69, 9.17) is 11.6 Å². The number of pyridine rings is 1. The molecule has 1 heterocycles. The first-order valence-corrected chi connectivity index (χ1v) is 7.10. The van der Waals surface area contributed by atoms with Crippen molar-refractivity contribution in [3.63, 3.8) is 0 Å². The van der Waals surface area contributed by atoms with Gasteiger partial charge in [0.1, 0.15) is 5.82 Å². The Morgan fingerprint density at radius 2 is 2.20 bits per heavy atom. The fourth-order valence-corrected chi connectivity index (χ4v) is 2.51. The van der Waals surface area contributed by atoms with Crippen LogP contribution in [0.1, 0.15) is 13.3 Å². The number of hydrogen-bond acceptors (Lipinski definition) is 2. The molecule has 0 saturated carbocycles. The lowest BCUT2D eigenvalue weighted by Gasteiger charge is -2.23. The molecule has 84 valence electrons. The van der Waals surface area contributed by atoms with Gasteiger partial charge < -0.3 is 4.90 Å². The molecule has 0 aliphatic carbocycles. The predicted octanol–water partition coefficient (Wildman–Crippen LogP) is 4.11. The second kappa shape index (κ2) is 6.71. The third kappa shape index (κ3) is 3.93. The molecule has 2 nitrogen and oxygen atoms in total. The molecular formula is C10H13Br2ClN2. The molecule has 0 amide bonds. The average molecular weight is 356 g/mol. The van der Waals surface area contributed by atoms with Crippen molar-refractivity contribution in [2.75, 3.05) is 23.3 Å². The van der Waals surface area contributed by atoms with E-state index in [0.29, 0.717) is 5.02 Å². The highest BCUT2D eigenvalue weighted by Crippen LogP contribution is 2.26. The second-order valence-electron chi connectivity index (χ2n) is 3.13. The summed E-state index contributed by atoms with van der Waals surface area (Å²) in [5, 5.41) is 1.61. The molecule has 0 aliphatic rings. The number of rotatable bonds is 5. The van der Waals surface area contributed by atoms with Gasteiger partial charge in [-0.2, -0.15) is 0 Å². The van der Waals surface area contributed by atoms with Crippen LogP contribution >= 0.6 is 43.5 Å². The molecule has 1 aromatic rings. The van der Waals surface area contributed by atoms with Gasteiger partial charge in [-0.05, 0) is 28.4 Å². The zero-order valence-electron chi connectivity index (χ0n) is 8.51. The summed E-state index contributed by atoms with van der Waals surface area (Å²) in [6.45, 7) is 4.04. The Hall–Kier alpha value is 0.200. The summed E-state index contributed by atoms with van der Waals surface area (Å²) in [5.41, 5.74) is 0. The molecule has 1 aromatic heterocycles. The van der Waals surface area contributed by atoms with E-state index in [1.54, 1.807) is 6.20 Å². The van der Waals surface area contributed by atoms with Gasteiger partial charge in [0.05, 0.1) is 5.02 Å². The van der Waals surface area contributed by atoms with Gasteiger partial charge in [0.15, 0.2) is 0 Å². The standard InChI is InChI=1S/C10H13Br2ClN2/c1-2-4-15(5-3-11)10-9(13)6-8(12)7-14-10/h6-7H,2-5H2,1H3. The van der Waals surface area contributed by atoms with Crippen LogP contribution < -0.4 is 4.90 Å². The first-order chi connectivity index (χ1) is 7.19. The van der Waals surface area contributed by atoms with E-state index in [1.807, 2.05) is 6.07 Å². The van der Waals surface area contributed by atoms with Crippen molar-refractivity contribution in [3.8, 4) is 0 Å². The monoisotopic (exact) mass is 354 g/mol. The molecule has 0 radical (unpaired) electrons. The summed E-state index contributed by atoms with van der Waals surface area (Å²) in [6, 6.07) is 1.88. The van der Waals surface area contributed by atoms with Crippen molar-refractivity contribution in [3.05, 3.63) is 21.8 Å². The molecule has 5 heteroatoms. The fourth-order valence-electron chi connectivity index (χ4n) is 1.34. The molecule has 0 spiro atoms. The predicted molar refractivity (Wildman–Crippen MR) is 73.2 cm³/mol. The summed E-state index contributed by atoms with van der Waals surface area (Å²) >= 11 is 12.9. The largest absolute Gasteiger partial charge is 0.355 e. The SMILES string of the molecule is CCCN(CCBr)c1ncc(Br)cc1Cl. The van der Waals surface area contributed by atoms with Crippen molar-refractivity contribution >= 4 is 49.3 Å². The summed E-state index contributed by atoms with van der Waals surface area (Å²) in [4.78, 5) is 6.53. The maximum absolute atomic E-state index is 6.15. The molecule has 0 fully saturated rings. The van der Waals surface area contributed by atoms with Gasteiger partial charge >= 0.3 is 0 Å². The van der Waals surface area contributed by atoms with Crippen molar-refractivity contribution in [2.24, 2.45) is 0 Å². The number of aromatic nitrogens is 1. The van der Waals surface area contributed by atoms with Gasteiger partial charge in [-0.15, -0.1) is 0 Å². The van der Waals surface area contributed by atoms with Crippen LogP contribution in [0, 0.1) is 0 Å². The Morgan fingerprint density at radius 3 is 2.73 bits per heavy atom. The van der Waals surface area contributed by atoms with Crippen LogP contribution in [0.15, 0.2) is 16.7 Å². The number of hydrogen-bond donors (Lipinski definition) is 0. The van der Waals surface area contributed by atoms with Crippen LogP contribution in [0.5, 0.6) is 0 Å². The summed E-state index contributed by atoms with van der Waals surface area (Å²) in [6.07, 6.45) is 2.86. The first-order valence-electron chi connectivity index (χ1n) is 4.81. The van der Waals surface area contributed by atoms with E-state index in [2.05, 4.69) is 48.7 Å². The first kappa shape index (κ1) is 13.3. The zero-order valence-corrected chi connectivity index (χ0v) is 12.4. The van der Waals surface area contributed by atoms with Crippen molar-refractivity contribution < 1.29 is 0 Å². The maximum Gasteiger partial charge on any atom is 0.147 e. The van der Waals surface area contributed by atoms with Crippen LogP contribution in [0.25, 0.3) is 0 Å². The Balaban J connectivity index is 2.89. The molecule has 0 saturated heterocycles. The maximum atomic E-state index is 6.15. The molecule has 0 aliphatic heterocycles. The molecule has 0 atom stereocenters. The lowest BCUT2D eigenvalue weighted by Crippen LogP contribution is -2.27. The van der Waals surface area contributed by atoms with E-state index in [9.17, 15) is 0 Å². The minimum atomic E-state index is 0.693. The van der Waals surface area contributed by atoms with Crippen LogP contribution in [-0.2, 0) is 0 Å². The van der Waals surface area contributed by atoms with Gasteiger partial charge in [0.25, 0.3) is 0 Å². The Kier molecular flexibility index (Phi) is 5.94. The number of halogens is 3. The molecule has 0 bridgehead atoms. The highest BCUT2D eigenvalue weighted by molar-refractivity contribution is 9.10. The van der Waals surface area contributed by atoms with Crippen LogP contribution in [0.2, 0.25) is 5.02 Å². The Labute approximate surface area is 112 Å². The van der Waals surface area contributed by atoms with Crippen LogP contribution in [0.3, 0.4) is 0 Å². The van der Waals surface area contributed by atoms with Gasteiger partial charge in [-0.1, -0.05) is 34.5 Å². The summed E-state index contributed by atoms with van der Waals surface area (Å²) in [5.74, 6) is 0.862. The summed E-state index contributed by atoms with van der Waals surface area (Å²) < 4.78 is 0.909. The van der Waals surface area contributed by atoms with E-state index >= 15 is 0 Å². The van der Waals surface area contributed by atoms with Gasteiger partial charge in [0.2, 0.25) is 0 Å². The topological polar surface area (TPSA) is 16.1 Å². The Morgan fingerprint density at radius 1 is 1.47 bits per heavy atom. The molecular weight excluding hydrogens is 343 g/mol. The van der Waals surface area contributed by atoms with Crippen LogP contribution in [-0.4, -0.2) is 23.4 Å². The number of nitrogens with zero attached hydrogens (tertiary/aromatic N) is 2. The molecule has 1 rings (SSSR count). The van der Waals surface area contributed by atoms with Gasteiger partial charge in [-0.3, -0.25) is 0 Å². The van der Waals surface area contributed by atoms with Crippen LogP contribution in [0.4, 0.5) is 5.82 Å². The number of anilines is 1. The highest BCUT2D eigenvalue weighted by Gasteiger charge is 2.10. The average Bonchev–Trinajstić information content (AvgIpc) is 2.17. The van der Waals surface area contributed by atoms with Crippen molar-refractivity contribution in [1.29, 1.82) is 0 Å². The smallest absolute Gasteiger partial charge is 0.147 e. The third-order valence-electron chi connectivity index (χ3n) is 1.94. The minimum Gasteiger partial charge on any atom is -0.355 e. The van der Waals surface area contributed by atoms with Gasteiger partial charge in [0, 0.05) is 29.1 Å². The molecule has 0 N–H and O–H groups in total.